The van der Waals surface area contributed by atoms with E-state index in [0.717, 1.165) is 17.7 Å². The van der Waals surface area contributed by atoms with E-state index < -0.39 is 41.3 Å². The molecule has 0 radical (unpaired) electrons. The summed E-state index contributed by atoms with van der Waals surface area (Å²) in [6, 6.07) is -1.73. The van der Waals surface area contributed by atoms with Crippen LogP contribution in [-0.2, 0) is 23.8 Å². The summed E-state index contributed by atoms with van der Waals surface area (Å²) in [4.78, 5) is 44.2. The lowest BCUT2D eigenvalue weighted by Gasteiger charge is -2.43. The minimum absolute atomic E-state index is 0.0292. The van der Waals surface area contributed by atoms with Crippen molar-refractivity contribution in [3.63, 3.8) is 0 Å². The number of hydrogen-bond acceptors (Lipinski definition) is 6. The number of nitrogens with zero attached hydrogens (tertiary/aromatic N) is 3. The fraction of sp³-hybridized carbons (Fsp3) is 0.889. The maximum absolute atomic E-state index is 14.2. The van der Waals surface area contributed by atoms with Crippen molar-refractivity contribution in [3.8, 4) is 0 Å². The Morgan fingerprint density at radius 3 is 2.33 bits per heavy atom. The Balaban J connectivity index is 1.35. The molecule has 0 spiro atoms. The Labute approximate surface area is 227 Å². The lowest BCUT2D eigenvalue weighted by atomic mass is 9.78. The van der Waals surface area contributed by atoms with Crippen LogP contribution in [0.15, 0.2) is 0 Å². The summed E-state index contributed by atoms with van der Waals surface area (Å²) in [7, 11) is 1.42. The number of carbonyl (C=O) groups excluding carboxylic acids is 3. The second-order valence-corrected chi connectivity index (χ2v) is 12.9. The predicted molar refractivity (Wildman–Crippen MR) is 133 cm³/mol. The summed E-state index contributed by atoms with van der Waals surface area (Å²) in [5.41, 5.74) is -1.40. The van der Waals surface area contributed by atoms with Crippen molar-refractivity contribution >= 4 is 17.9 Å². The molecule has 9 nitrogen and oxygen atoms in total. The van der Waals surface area contributed by atoms with Gasteiger partial charge in [0.25, 0.3) is 0 Å². The summed E-state index contributed by atoms with van der Waals surface area (Å²) in [6.45, 7) is 6.60. The second kappa shape index (κ2) is 10.1. The maximum Gasteiger partial charge on any atom is 0.471 e. The number of hydrogen-bond donors (Lipinski definition) is 0. The third kappa shape index (κ3) is 5.11. The van der Waals surface area contributed by atoms with Crippen molar-refractivity contribution in [1.82, 2.24) is 14.7 Å². The number of alkyl halides is 3. The summed E-state index contributed by atoms with van der Waals surface area (Å²) in [6.07, 6.45) is -2.37. The Hall–Kier alpha value is -2.08. The van der Waals surface area contributed by atoms with Gasteiger partial charge in [-0.2, -0.15) is 13.2 Å². The van der Waals surface area contributed by atoms with Crippen LogP contribution in [0.3, 0.4) is 0 Å². The smallest absolute Gasteiger partial charge is 0.444 e. The molecule has 5 aliphatic rings. The predicted octanol–water partition coefficient (Wildman–Crippen LogP) is 3.35. The molecule has 12 heteroatoms. The molecule has 7 atom stereocenters. The van der Waals surface area contributed by atoms with Crippen LogP contribution in [-0.4, -0.2) is 108 Å². The van der Waals surface area contributed by atoms with E-state index in [0.29, 0.717) is 32.4 Å². The topological polar surface area (TPSA) is 88.6 Å². The van der Waals surface area contributed by atoms with E-state index in [-0.39, 0.29) is 56.1 Å². The molecule has 0 aromatic carbocycles. The molecule has 5 fully saturated rings. The molecule has 2 saturated carbocycles. The maximum atomic E-state index is 14.2. The molecule has 3 amide bonds. The van der Waals surface area contributed by atoms with Gasteiger partial charge in [0.2, 0.25) is 5.91 Å². The lowest BCUT2D eigenvalue weighted by molar-refractivity contribution is -0.197. The van der Waals surface area contributed by atoms with Gasteiger partial charge in [0.05, 0.1) is 30.1 Å². The minimum atomic E-state index is -5.02. The van der Waals surface area contributed by atoms with Gasteiger partial charge in [-0.3, -0.25) is 9.59 Å². The van der Waals surface area contributed by atoms with E-state index in [1.807, 2.05) is 25.7 Å². The van der Waals surface area contributed by atoms with E-state index in [1.54, 1.807) is 4.90 Å². The molecule has 3 saturated heterocycles. The van der Waals surface area contributed by atoms with Gasteiger partial charge >= 0.3 is 18.2 Å². The van der Waals surface area contributed by atoms with Crippen LogP contribution >= 0.6 is 0 Å². The molecule has 3 aliphatic heterocycles. The van der Waals surface area contributed by atoms with E-state index in [9.17, 15) is 27.6 Å². The highest BCUT2D eigenvalue weighted by Crippen LogP contribution is 2.57. The number of fused-ring (bicyclic) bond motifs is 3. The summed E-state index contributed by atoms with van der Waals surface area (Å²) < 4.78 is 58.0. The van der Waals surface area contributed by atoms with Gasteiger partial charge in [-0.05, 0) is 65.2 Å². The summed E-state index contributed by atoms with van der Waals surface area (Å²) in [5.74, 6) is -1.98. The monoisotopic (exact) mass is 559 g/mol. The lowest BCUT2D eigenvalue weighted by Crippen LogP contribution is -2.59. The molecule has 0 unspecified atom stereocenters. The third-order valence-corrected chi connectivity index (χ3v) is 9.47. The number of methoxy groups -OCH3 is 1. The van der Waals surface area contributed by atoms with Crippen LogP contribution in [0.5, 0.6) is 0 Å². The SMILES string of the molecule is CO[C@@H]1COCC[C@@H]1N(C(=O)C(F)(F)F)[C@@H]1C[C@H]2CCC[C@@]2(C(=O)N2C[C@@H]3C[C@H]2CN3C(=O)OC(C)(C)C)C1. The van der Waals surface area contributed by atoms with Crippen molar-refractivity contribution < 1.29 is 41.8 Å². The molecule has 0 N–H and O–H groups in total. The first-order chi connectivity index (χ1) is 18.2. The normalized spacial score (nSPS) is 36.3. The number of carbonyl (C=O) groups is 3. The van der Waals surface area contributed by atoms with Gasteiger partial charge in [0, 0.05) is 32.8 Å². The van der Waals surface area contributed by atoms with Gasteiger partial charge in [0.15, 0.2) is 0 Å². The molecule has 220 valence electrons. The standard InChI is InChI=1S/C27H40F3N3O6/c1-25(2,3)39-24(36)32-14-18-11-19(32)13-31(18)22(34)26-8-5-6-16(26)10-17(12-26)33(23(35)27(28,29)30)20-7-9-38-15-21(20)37-4/h16-21H,5-15H2,1-4H3/t16-,17-,18+,19+,20+,21-,26-/m1/s1. The van der Waals surface area contributed by atoms with Crippen molar-refractivity contribution in [2.45, 2.75) is 108 Å². The van der Waals surface area contributed by atoms with Crippen LogP contribution in [0, 0.1) is 11.3 Å². The minimum Gasteiger partial charge on any atom is -0.444 e. The average molecular weight is 560 g/mol. The number of piperazine rings is 1. The fourth-order valence-corrected chi connectivity index (χ4v) is 7.89. The zero-order valence-electron chi connectivity index (χ0n) is 23.2. The Morgan fingerprint density at radius 2 is 1.72 bits per heavy atom. The fourth-order valence-electron chi connectivity index (χ4n) is 7.89. The zero-order chi connectivity index (χ0) is 28.3. The molecule has 39 heavy (non-hydrogen) atoms. The Kier molecular flexibility index (Phi) is 7.35. The van der Waals surface area contributed by atoms with Crippen molar-refractivity contribution in [1.29, 1.82) is 0 Å². The van der Waals surface area contributed by atoms with Crippen molar-refractivity contribution in [3.05, 3.63) is 0 Å². The van der Waals surface area contributed by atoms with Gasteiger partial charge in [-0.25, -0.2) is 4.79 Å². The first kappa shape index (κ1) is 28.4. The quantitative estimate of drug-likeness (QED) is 0.525. The van der Waals surface area contributed by atoms with E-state index >= 15 is 0 Å². The number of likely N-dealkylation sites (tertiary alicyclic amines) is 2. The summed E-state index contributed by atoms with van der Waals surface area (Å²) in [5, 5.41) is 0. The zero-order valence-corrected chi connectivity index (χ0v) is 23.2. The molecule has 5 rings (SSSR count). The highest BCUT2D eigenvalue weighted by molar-refractivity contribution is 5.86. The van der Waals surface area contributed by atoms with Crippen LogP contribution in [0.25, 0.3) is 0 Å². The van der Waals surface area contributed by atoms with Gasteiger partial charge in [0.1, 0.15) is 11.7 Å². The molecular formula is C27H40F3N3O6. The number of amides is 3. The van der Waals surface area contributed by atoms with Crippen LogP contribution in [0.2, 0.25) is 0 Å². The molecule has 2 aliphatic carbocycles. The number of rotatable bonds is 4. The molecule has 2 bridgehead atoms. The average Bonchev–Trinajstić information content (AvgIpc) is 3.62. The Bertz CT molecular complexity index is 987. The van der Waals surface area contributed by atoms with E-state index in [1.165, 1.54) is 7.11 Å². The van der Waals surface area contributed by atoms with Gasteiger partial charge in [-0.1, -0.05) is 6.42 Å². The molecule has 0 aromatic rings. The summed E-state index contributed by atoms with van der Waals surface area (Å²) >= 11 is 0. The Morgan fingerprint density at radius 1 is 1.03 bits per heavy atom. The van der Waals surface area contributed by atoms with Crippen molar-refractivity contribution in [2.24, 2.45) is 11.3 Å². The molecular weight excluding hydrogens is 519 g/mol. The van der Waals surface area contributed by atoms with E-state index in [4.69, 9.17) is 14.2 Å². The van der Waals surface area contributed by atoms with Gasteiger partial charge < -0.3 is 28.9 Å². The van der Waals surface area contributed by atoms with Crippen LogP contribution in [0.1, 0.15) is 65.7 Å². The number of halogens is 3. The highest BCUT2D eigenvalue weighted by atomic mass is 19.4. The molecule has 3 heterocycles. The third-order valence-electron chi connectivity index (χ3n) is 9.47. The first-order valence-electron chi connectivity index (χ1n) is 14.1. The highest BCUT2D eigenvalue weighted by Gasteiger charge is 2.62. The van der Waals surface area contributed by atoms with E-state index in [2.05, 4.69) is 0 Å². The van der Waals surface area contributed by atoms with Gasteiger partial charge in [-0.15, -0.1) is 0 Å². The second-order valence-electron chi connectivity index (χ2n) is 12.9. The van der Waals surface area contributed by atoms with Crippen molar-refractivity contribution in [2.75, 3.05) is 33.4 Å². The first-order valence-corrected chi connectivity index (χ1v) is 14.1. The largest absolute Gasteiger partial charge is 0.471 e. The van der Waals surface area contributed by atoms with Crippen LogP contribution < -0.4 is 0 Å². The number of ether oxygens (including phenoxy) is 3. The molecule has 0 aromatic heterocycles. The van der Waals surface area contributed by atoms with Crippen LogP contribution in [0.4, 0.5) is 18.0 Å².